The van der Waals surface area contributed by atoms with E-state index in [1.54, 1.807) is 11.3 Å². The Labute approximate surface area is 82.6 Å². The lowest BCUT2D eigenvalue weighted by molar-refractivity contribution is 0.122. The molecule has 1 fully saturated rings. The smallest absolute Gasteiger partial charge is 0.0900 e. The number of aliphatic hydroxyl groups is 1. The van der Waals surface area contributed by atoms with E-state index in [4.69, 9.17) is 0 Å². The first-order valence-corrected chi connectivity index (χ1v) is 5.55. The van der Waals surface area contributed by atoms with E-state index in [1.165, 1.54) is 11.3 Å². The first-order chi connectivity index (χ1) is 6.18. The zero-order valence-electron chi connectivity index (χ0n) is 8.13. The Kier molecular flexibility index (Phi) is 2.16. The maximum atomic E-state index is 9.40. The number of rotatable bonds is 2. The summed E-state index contributed by atoms with van der Waals surface area (Å²) in [5.74, 6) is 0. The SMILES string of the molecule is Cc1nc(C)c(C2(CO)CCC2)s1. The van der Waals surface area contributed by atoms with Crippen LogP contribution in [0.3, 0.4) is 0 Å². The van der Waals surface area contributed by atoms with Crippen LogP contribution in [0, 0.1) is 13.8 Å². The van der Waals surface area contributed by atoms with Gasteiger partial charge in [-0.1, -0.05) is 6.42 Å². The van der Waals surface area contributed by atoms with Gasteiger partial charge in [-0.2, -0.15) is 0 Å². The summed E-state index contributed by atoms with van der Waals surface area (Å²) >= 11 is 1.75. The van der Waals surface area contributed by atoms with Gasteiger partial charge in [-0.05, 0) is 26.7 Å². The number of aryl methyl sites for hydroxylation is 2. The summed E-state index contributed by atoms with van der Waals surface area (Å²) in [6.07, 6.45) is 3.51. The third-order valence-corrected chi connectivity index (χ3v) is 4.32. The largest absolute Gasteiger partial charge is 0.395 e. The zero-order valence-corrected chi connectivity index (χ0v) is 8.95. The van der Waals surface area contributed by atoms with E-state index in [2.05, 4.69) is 11.9 Å². The van der Waals surface area contributed by atoms with Gasteiger partial charge in [-0.25, -0.2) is 4.98 Å². The summed E-state index contributed by atoms with van der Waals surface area (Å²) in [5, 5.41) is 10.5. The Bertz CT molecular complexity index is 309. The Morgan fingerprint density at radius 3 is 2.46 bits per heavy atom. The minimum atomic E-state index is 0.0794. The Balaban J connectivity index is 2.37. The van der Waals surface area contributed by atoms with Gasteiger partial charge in [0.15, 0.2) is 0 Å². The summed E-state index contributed by atoms with van der Waals surface area (Å²) in [6, 6.07) is 0. The quantitative estimate of drug-likeness (QED) is 0.788. The zero-order chi connectivity index (χ0) is 9.47. The van der Waals surface area contributed by atoms with Crippen LogP contribution in [0.2, 0.25) is 0 Å². The molecule has 1 aliphatic rings. The van der Waals surface area contributed by atoms with Crippen molar-refractivity contribution < 1.29 is 5.11 Å². The van der Waals surface area contributed by atoms with E-state index < -0.39 is 0 Å². The number of aromatic nitrogens is 1. The molecule has 0 spiro atoms. The molecule has 0 atom stereocenters. The maximum Gasteiger partial charge on any atom is 0.0900 e. The van der Waals surface area contributed by atoms with Crippen molar-refractivity contribution in [3.05, 3.63) is 15.6 Å². The second-order valence-corrected chi connectivity index (χ2v) is 5.14. The molecule has 0 bridgehead atoms. The fourth-order valence-electron chi connectivity index (χ4n) is 2.08. The van der Waals surface area contributed by atoms with Crippen LogP contribution in [0.1, 0.15) is 34.8 Å². The fraction of sp³-hybridized carbons (Fsp3) is 0.700. The molecule has 2 nitrogen and oxygen atoms in total. The highest BCUT2D eigenvalue weighted by Gasteiger charge is 2.40. The lowest BCUT2D eigenvalue weighted by atomic mass is 9.68. The van der Waals surface area contributed by atoms with Gasteiger partial charge in [0.25, 0.3) is 0 Å². The highest BCUT2D eigenvalue weighted by molar-refractivity contribution is 7.11. The van der Waals surface area contributed by atoms with E-state index in [0.29, 0.717) is 0 Å². The molecule has 0 amide bonds. The van der Waals surface area contributed by atoms with Gasteiger partial charge in [-0.15, -0.1) is 11.3 Å². The van der Waals surface area contributed by atoms with Gasteiger partial charge in [0, 0.05) is 10.3 Å². The minimum Gasteiger partial charge on any atom is -0.395 e. The summed E-state index contributed by atoms with van der Waals surface area (Å²) in [4.78, 5) is 5.73. The Morgan fingerprint density at radius 1 is 1.46 bits per heavy atom. The van der Waals surface area contributed by atoms with Crippen LogP contribution in [0.5, 0.6) is 0 Å². The minimum absolute atomic E-state index is 0.0794. The van der Waals surface area contributed by atoms with Gasteiger partial charge in [-0.3, -0.25) is 0 Å². The first-order valence-electron chi connectivity index (χ1n) is 4.73. The van der Waals surface area contributed by atoms with Gasteiger partial charge in [0.05, 0.1) is 17.3 Å². The molecule has 0 aromatic carbocycles. The molecular formula is C10H15NOS. The van der Waals surface area contributed by atoms with Crippen LogP contribution in [0.15, 0.2) is 0 Å². The molecule has 0 unspecified atom stereocenters. The fourth-order valence-corrected chi connectivity index (χ4v) is 3.24. The number of hydrogen-bond donors (Lipinski definition) is 1. The van der Waals surface area contributed by atoms with Crippen LogP contribution in [-0.2, 0) is 5.41 Å². The Morgan fingerprint density at radius 2 is 2.15 bits per heavy atom. The highest BCUT2D eigenvalue weighted by atomic mass is 32.1. The van der Waals surface area contributed by atoms with Crippen LogP contribution < -0.4 is 0 Å². The Hall–Kier alpha value is -0.410. The number of aliphatic hydroxyl groups excluding tert-OH is 1. The van der Waals surface area contributed by atoms with Crippen molar-refractivity contribution >= 4 is 11.3 Å². The van der Waals surface area contributed by atoms with Crippen molar-refractivity contribution in [2.75, 3.05) is 6.61 Å². The molecule has 1 aliphatic carbocycles. The lowest BCUT2D eigenvalue weighted by Crippen LogP contribution is -2.37. The van der Waals surface area contributed by atoms with E-state index in [9.17, 15) is 5.11 Å². The average Bonchev–Trinajstić information content (AvgIpc) is 2.30. The van der Waals surface area contributed by atoms with Crippen molar-refractivity contribution in [2.24, 2.45) is 0 Å². The van der Waals surface area contributed by atoms with E-state index in [0.717, 1.165) is 23.5 Å². The molecule has 0 aliphatic heterocycles. The topological polar surface area (TPSA) is 33.1 Å². The van der Waals surface area contributed by atoms with Gasteiger partial charge >= 0.3 is 0 Å². The normalized spacial score (nSPS) is 19.9. The molecule has 1 aromatic heterocycles. The molecule has 72 valence electrons. The van der Waals surface area contributed by atoms with Crippen LogP contribution in [0.4, 0.5) is 0 Å². The summed E-state index contributed by atoms with van der Waals surface area (Å²) in [7, 11) is 0. The van der Waals surface area contributed by atoms with Crippen molar-refractivity contribution in [3.8, 4) is 0 Å². The molecule has 3 heteroatoms. The predicted octanol–water partition coefficient (Wildman–Crippen LogP) is 2.17. The molecule has 1 N–H and O–H groups in total. The molecule has 2 rings (SSSR count). The standard InChI is InChI=1S/C10H15NOS/c1-7-9(13-8(2)11-7)10(6-12)4-3-5-10/h12H,3-6H2,1-2H3. The van der Waals surface area contributed by atoms with Crippen molar-refractivity contribution in [1.82, 2.24) is 4.98 Å². The third-order valence-electron chi connectivity index (χ3n) is 3.00. The van der Waals surface area contributed by atoms with Gasteiger partial charge in [0.2, 0.25) is 0 Å². The first kappa shape index (κ1) is 9.16. The van der Waals surface area contributed by atoms with E-state index >= 15 is 0 Å². The number of hydrogen-bond acceptors (Lipinski definition) is 3. The predicted molar refractivity (Wildman–Crippen MR) is 54.2 cm³/mol. The van der Waals surface area contributed by atoms with Gasteiger partial charge in [0.1, 0.15) is 0 Å². The third kappa shape index (κ3) is 1.30. The van der Waals surface area contributed by atoms with Crippen LogP contribution in [-0.4, -0.2) is 16.7 Å². The summed E-state index contributed by atoms with van der Waals surface area (Å²) in [6.45, 7) is 4.37. The van der Waals surface area contributed by atoms with Gasteiger partial charge < -0.3 is 5.11 Å². The lowest BCUT2D eigenvalue weighted by Gasteiger charge is -2.39. The summed E-state index contributed by atoms with van der Waals surface area (Å²) in [5.41, 5.74) is 1.20. The molecule has 1 saturated carbocycles. The molecule has 0 saturated heterocycles. The molecule has 13 heavy (non-hydrogen) atoms. The number of thiazole rings is 1. The second kappa shape index (κ2) is 3.07. The van der Waals surface area contributed by atoms with Crippen molar-refractivity contribution in [3.63, 3.8) is 0 Å². The second-order valence-electron chi connectivity index (χ2n) is 3.94. The maximum absolute atomic E-state index is 9.40. The van der Waals surface area contributed by atoms with E-state index in [-0.39, 0.29) is 12.0 Å². The molecule has 0 radical (unpaired) electrons. The number of nitrogens with zero attached hydrogens (tertiary/aromatic N) is 1. The molecular weight excluding hydrogens is 182 g/mol. The molecule has 1 aromatic rings. The van der Waals surface area contributed by atoms with E-state index in [1.807, 2.05) is 6.92 Å². The van der Waals surface area contributed by atoms with Crippen molar-refractivity contribution in [1.29, 1.82) is 0 Å². The van der Waals surface area contributed by atoms with Crippen LogP contribution >= 0.6 is 11.3 Å². The van der Waals surface area contributed by atoms with Crippen molar-refractivity contribution in [2.45, 2.75) is 38.5 Å². The molecule has 1 heterocycles. The monoisotopic (exact) mass is 197 g/mol. The highest BCUT2D eigenvalue weighted by Crippen LogP contribution is 2.46. The van der Waals surface area contributed by atoms with Crippen LogP contribution in [0.25, 0.3) is 0 Å². The average molecular weight is 197 g/mol. The summed E-state index contributed by atoms with van der Waals surface area (Å²) < 4.78 is 0.